The lowest BCUT2D eigenvalue weighted by Gasteiger charge is -2.39. The van der Waals surface area contributed by atoms with Crippen molar-refractivity contribution in [1.82, 2.24) is 0 Å². The van der Waals surface area contributed by atoms with Crippen LogP contribution < -0.4 is 44.7 Å². The molecule has 0 aromatic heterocycles. The summed E-state index contributed by atoms with van der Waals surface area (Å²) in [7, 11) is 0. The number of carbonyl (C=O) groups is 3. The second-order valence-corrected chi connectivity index (χ2v) is 31.2. The van der Waals surface area contributed by atoms with Gasteiger partial charge < -0.3 is 150 Å². The van der Waals surface area contributed by atoms with E-state index in [0.717, 1.165) is 18.8 Å². The highest BCUT2D eigenvalue weighted by atomic mass is 16.7. The molecule has 3 saturated heterocycles. The maximum atomic E-state index is 13.7. The highest BCUT2D eigenvalue weighted by Gasteiger charge is 2.45. The summed E-state index contributed by atoms with van der Waals surface area (Å²) in [6.07, 6.45) is 0.146. The molecular weight excluding hydrogens is 1750 g/mol. The molecule has 3 aliphatic rings. The van der Waals surface area contributed by atoms with Crippen molar-refractivity contribution in [3.63, 3.8) is 0 Å². The Morgan fingerprint density at radius 1 is 0.328 bits per heavy atom. The fraction of sp³-hybridized carbons (Fsp3) is 0.327. The summed E-state index contributed by atoms with van der Waals surface area (Å²) in [5, 5.41) is 210. The Bertz CT molecular complexity index is 5990. The van der Waals surface area contributed by atoms with Crippen LogP contribution in [0.4, 0.5) is 0 Å². The Hall–Kier alpha value is -13.9. The third kappa shape index (κ3) is 27.2. The van der Waals surface area contributed by atoms with E-state index in [1.807, 2.05) is 0 Å². The second kappa shape index (κ2) is 49.0. The second-order valence-electron chi connectivity index (χ2n) is 31.2. The molecule has 718 valence electrons. The first-order valence-corrected chi connectivity index (χ1v) is 41.4. The zero-order chi connectivity index (χ0) is 95.9. The molecule has 3 fully saturated rings. The van der Waals surface area contributed by atoms with Crippen LogP contribution in [0, 0.1) is 17.8 Å². The number of aliphatic hydroxyl groups is 12. The standard InChI is InChI=1S/C34H36O12.C32H34O12.C30H32O12.2CH4/c1-19-30(39)33(42)27(46-34(19)43)18-45-26-16-21(14-22-8-9-23(17-28(37)38)31(40)29(22)32(26)41)11-13-44-25-10-7-20(15-24(25)36)6-4-2-3-5-12-35;1-17-28(37)31(40)25(44-32(17)41)16-43-24-14-19(9-11-42-23-8-5-18(13-22(23)34)4-2-3-10-33)12-20-6-7-21(15-26(35)36)29(38)27(20)30(24)39;1-15-26(35)29(38)23(42-30(15)39)14-41-22-12-17(7-9-40-21-5-2-16(6-8-31)11-20(21)32)10-18-3-4-19(13-24(33)34)27(36)25(18)28(22)37;;/h2-10,12,14-16,19,27,30,33-36,39-40,42-43H,11,13,17-18H2,1H3,(H,37,38);2-8,10,12-14,17,25,28,31-34,37-38,40-41H,9,11,15-16H2,1H3,(H,35,36);2-6,8,10-12,15,23,26,29-32,35-36,38-39H,7,9,13-14H2,1H3,(H,33,34);2*1H4/b3-2+,6-4+,12-5+;4-2+,10-3+;8-6+;;. The number of aliphatic carboxylic acids is 3. The number of phenolic OH excluding ortho intramolecular Hbond substituents is 6. The molecule has 21 N–H and O–H groups in total. The molecule has 0 saturated carbocycles. The van der Waals surface area contributed by atoms with E-state index in [9.17, 15) is 121 Å². The van der Waals surface area contributed by atoms with Crippen LogP contribution >= 0.6 is 0 Å². The smallest absolute Gasteiger partial charge is 0.307 e. The number of carboxylic acids is 3. The van der Waals surface area contributed by atoms with Gasteiger partial charge in [0.05, 0.1) is 92.3 Å². The highest BCUT2D eigenvalue weighted by Crippen LogP contribution is 2.38. The normalized spacial score (nSPS) is 21.7. The van der Waals surface area contributed by atoms with Gasteiger partial charge in [-0.25, -0.2) is 0 Å². The van der Waals surface area contributed by atoms with Crippen LogP contribution in [0.3, 0.4) is 0 Å². The van der Waals surface area contributed by atoms with Gasteiger partial charge >= 0.3 is 17.9 Å². The molecule has 9 aromatic rings. The van der Waals surface area contributed by atoms with Crippen molar-refractivity contribution in [2.24, 2.45) is 17.8 Å². The Morgan fingerprint density at radius 3 is 0.881 bits per heavy atom. The van der Waals surface area contributed by atoms with Gasteiger partial charge in [-0.1, -0.05) is 145 Å². The molecule has 0 amide bonds. The molecule has 0 radical (unpaired) electrons. The largest absolute Gasteiger partial charge is 0.516 e. The third-order valence-corrected chi connectivity index (χ3v) is 21.9. The molecule has 3 aliphatic heterocycles. The van der Waals surface area contributed by atoms with Gasteiger partial charge in [0, 0.05) is 53.7 Å². The molecule has 0 aliphatic carbocycles. The van der Waals surface area contributed by atoms with E-state index < -0.39 is 182 Å². The van der Waals surface area contributed by atoms with Crippen molar-refractivity contribution < 1.29 is 164 Å². The maximum absolute atomic E-state index is 13.7. The summed E-state index contributed by atoms with van der Waals surface area (Å²) >= 11 is 0. The number of phenols is 6. The summed E-state index contributed by atoms with van der Waals surface area (Å²) in [6.45, 7) is 3.37. The molecular formula is C98H110O36. The predicted molar refractivity (Wildman–Crippen MR) is 490 cm³/mol. The first kappa shape index (κ1) is 105. The number of aromatic hydroxyl groups is 6. The van der Waals surface area contributed by atoms with Gasteiger partial charge in [-0.05, 0) is 122 Å². The average molecular weight is 1860 g/mol. The Morgan fingerprint density at radius 2 is 0.604 bits per heavy atom. The van der Waals surface area contributed by atoms with Gasteiger partial charge in [-0.15, -0.1) is 0 Å². The zero-order valence-electron chi connectivity index (χ0n) is 71.2. The quantitative estimate of drug-likeness (QED) is 0.0135. The van der Waals surface area contributed by atoms with Crippen LogP contribution in [0.5, 0.6) is 69.0 Å². The van der Waals surface area contributed by atoms with Crippen LogP contribution in [-0.2, 0) is 67.1 Å². The molecule has 0 spiro atoms. The van der Waals surface area contributed by atoms with Gasteiger partial charge in [0.15, 0.2) is 70.6 Å². The fourth-order valence-electron chi connectivity index (χ4n) is 14.4. The van der Waals surface area contributed by atoms with Crippen molar-refractivity contribution in [1.29, 1.82) is 0 Å². The Labute approximate surface area is 766 Å². The van der Waals surface area contributed by atoms with Crippen molar-refractivity contribution >= 4 is 68.5 Å². The number of allylic oxidation sites excluding steroid dienone is 6. The number of carboxylic acid groups (broad SMARTS) is 3. The molecule has 134 heavy (non-hydrogen) atoms. The number of benzene rings is 6. The van der Waals surface area contributed by atoms with Crippen molar-refractivity contribution in [2.75, 3.05) is 39.6 Å². The van der Waals surface area contributed by atoms with E-state index in [0.29, 0.717) is 49.5 Å². The molecule has 9 aromatic carbocycles. The summed E-state index contributed by atoms with van der Waals surface area (Å²) in [5.74, 6) is -7.97. The Kier molecular flexibility index (Phi) is 38.6. The molecule has 15 unspecified atom stereocenters. The van der Waals surface area contributed by atoms with Gasteiger partial charge in [0.25, 0.3) is 0 Å². The van der Waals surface area contributed by atoms with E-state index in [1.165, 1.54) is 118 Å². The predicted octanol–water partition coefficient (Wildman–Crippen LogP) is 8.47. The first-order chi connectivity index (χ1) is 63.0. The minimum atomic E-state index is -1.42. The number of ether oxygens (including phenoxy) is 9. The van der Waals surface area contributed by atoms with Gasteiger partial charge in [-0.3, -0.25) is 28.8 Å². The molecule has 0 bridgehead atoms. The summed E-state index contributed by atoms with van der Waals surface area (Å²) in [5.41, 5.74) is 1.29. The maximum Gasteiger partial charge on any atom is 0.307 e. The summed E-state index contributed by atoms with van der Waals surface area (Å²) in [6, 6.07) is 32.0. The molecule has 15 atom stereocenters. The fourth-order valence-corrected chi connectivity index (χ4v) is 14.4. The number of rotatable bonds is 33. The van der Waals surface area contributed by atoms with Crippen LogP contribution in [0.25, 0.3) is 50.5 Å². The van der Waals surface area contributed by atoms with E-state index in [2.05, 4.69) is 0 Å². The number of fused-ring (bicyclic) bond motifs is 3. The minimum Gasteiger partial charge on any atom is -0.516 e. The Balaban J connectivity index is 0.000000246. The zero-order valence-corrected chi connectivity index (χ0v) is 71.2. The molecule has 12 rings (SSSR count). The van der Waals surface area contributed by atoms with Crippen LogP contribution in [-0.4, -0.2) is 239 Å². The third-order valence-electron chi connectivity index (χ3n) is 21.9. The topological polar surface area (TPSA) is 610 Å². The van der Waals surface area contributed by atoms with Gasteiger partial charge in [-0.2, -0.15) is 0 Å². The number of hydrogen-bond acceptors (Lipinski definition) is 33. The van der Waals surface area contributed by atoms with Crippen LogP contribution in [0.2, 0.25) is 0 Å². The lowest BCUT2D eigenvalue weighted by Crippen LogP contribution is -2.55. The lowest BCUT2D eigenvalue weighted by atomic mass is 9.93. The van der Waals surface area contributed by atoms with Crippen molar-refractivity contribution in [3.8, 4) is 69.0 Å². The SMILES string of the molecule is C.C.CC1C(O)OC(COc2cc(CCOc3ccc(/C=C/C=C/C=C/O)cc3O)cc3ccc(CC(=O)O)c(O)c3c2=O)C(O)C1O.CC1C(O)OC(COc2cc(CCOc3ccc(/C=C/C=C/O)cc3O)cc3ccc(CC(=O)O)c(O)c3c2=O)C(O)C1O.CC1C(O)OC(COc2cc(CCOc3ccc(/C=C/O)cc3O)cc3ccc(CC(=O)O)c(O)c3c2=O)C(O)C1O. The monoisotopic (exact) mass is 1860 g/mol. The van der Waals surface area contributed by atoms with E-state index in [-0.39, 0.29) is 139 Å². The van der Waals surface area contributed by atoms with Crippen molar-refractivity contribution in [2.45, 2.75) is 148 Å². The molecule has 36 nitrogen and oxygen atoms in total. The minimum absolute atomic E-state index is 0. The summed E-state index contributed by atoms with van der Waals surface area (Å²) < 4.78 is 50.6. The van der Waals surface area contributed by atoms with Crippen molar-refractivity contribution in [3.05, 3.63) is 263 Å². The summed E-state index contributed by atoms with van der Waals surface area (Å²) in [4.78, 5) is 74.8. The first-order valence-electron chi connectivity index (χ1n) is 41.4. The highest BCUT2D eigenvalue weighted by molar-refractivity contribution is 5.93. The van der Waals surface area contributed by atoms with Gasteiger partial charge in [0.1, 0.15) is 73.7 Å². The van der Waals surface area contributed by atoms with Gasteiger partial charge in [0.2, 0.25) is 16.3 Å². The number of hydrogen-bond donors (Lipinski definition) is 21. The van der Waals surface area contributed by atoms with E-state index >= 15 is 0 Å². The van der Waals surface area contributed by atoms with E-state index in [1.54, 1.807) is 85.0 Å². The lowest BCUT2D eigenvalue weighted by molar-refractivity contribution is -0.264. The van der Waals surface area contributed by atoms with Crippen LogP contribution in [0.1, 0.15) is 85.7 Å². The van der Waals surface area contributed by atoms with E-state index in [4.69, 9.17) is 58.0 Å². The molecule has 36 heteroatoms. The van der Waals surface area contributed by atoms with Crippen LogP contribution in [0.15, 0.2) is 197 Å². The number of aliphatic hydroxyl groups excluding tert-OH is 12. The molecule has 3 heterocycles. The average Bonchev–Trinajstić information content (AvgIpc) is 1.59.